The lowest BCUT2D eigenvalue weighted by atomic mass is 9.87. The number of sulfonamides is 1. The lowest BCUT2D eigenvalue weighted by Crippen LogP contribution is -2.42. The van der Waals surface area contributed by atoms with Crippen LogP contribution >= 0.6 is 0 Å². The minimum atomic E-state index is -3.32. The minimum Gasteiger partial charge on any atom is -0.489 e. The van der Waals surface area contributed by atoms with Gasteiger partial charge in [-0.1, -0.05) is 0 Å². The van der Waals surface area contributed by atoms with Crippen LogP contribution < -0.4 is 18.9 Å². The Bertz CT molecular complexity index is 1110. The molecular formula is C23H29NO6S. The number of hydrogen-bond donors (Lipinski definition) is 1. The standard InChI is InChI=1S/C23H29NO6S/c1-14-15(2)22-20(16(3)21(14)29-17(4)25)11-12-23(5,30-22)13-28-19-9-7-18(8-10-19)24-31(6,26)27/h7-10,24H,11-13H2,1-6H3. The quantitative estimate of drug-likeness (QED) is 0.530. The van der Waals surface area contributed by atoms with Crippen molar-refractivity contribution in [3.8, 4) is 17.2 Å². The zero-order chi connectivity index (χ0) is 23.0. The smallest absolute Gasteiger partial charge is 0.308 e. The third kappa shape index (κ3) is 5.31. The summed E-state index contributed by atoms with van der Waals surface area (Å²) in [7, 11) is -3.32. The van der Waals surface area contributed by atoms with E-state index in [1.54, 1.807) is 24.3 Å². The zero-order valence-corrected chi connectivity index (χ0v) is 19.6. The van der Waals surface area contributed by atoms with E-state index in [4.69, 9.17) is 14.2 Å². The van der Waals surface area contributed by atoms with Gasteiger partial charge in [-0.2, -0.15) is 0 Å². The molecule has 8 heteroatoms. The number of benzene rings is 2. The summed E-state index contributed by atoms with van der Waals surface area (Å²) in [6.45, 7) is 9.62. The monoisotopic (exact) mass is 447 g/mol. The largest absolute Gasteiger partial charge is 0.489 e. The first-order valence-electron chi connectivity index (χ1n) is 10.1. The van der Waals surface area contributed by atoms with Crippen LogP contribution in [0.15, 0.2) is 24.3 Å². The highest BCUT2D eigenvalue weighted by molar-refractivity contribution is 7.92. The molecule has 7 nitrogen and oxygen atoms in total. The molecule has 2 aromatic carbocycles. The third-order valence-corrected chi connectivity index (χ3v) is 6.12. The van der Waals surface area contributed by atoms with E-state index < -0.39 is 15.6 Å². The molecule has 1 unspecified atom stereocenters. The van der Waals surface area contributed by atoms with Crippen LogP contribution in [0.1, 0.15) is 42.5 Å². The second kappa shape index (κ2) is 8.42. The van der Waals surface area contributed by atoms with Crippen molar-refractivity contribution in [3.63, 3.8) is 0 Å². The van der Waals surface area contributed by atoms with Crippen molar-refractivity contribution in [1.29, 1.82) is 0 Å². The number of anilines is 1. The maximum absolute atomic E-state index is 11.5. The van der Waals surface area contributed by atoms with Gasteiger partial charge in [-0.25, -0.2) is 8.42 Å². The fourth-order valence-electron chi connectivity index (χ4n) is 3.75. The van der Waals surface area contributed by atoms with Gasteiger partial charge >= 0.3 is 5.97 Å². The summed E-state index contributed by atoms with van der Waals surface area (Å²) in [4.78, 5) is 11.5. The molecular weight excluding hydrogens is 418 g/mol. The first-order chi connectivity index (χ1) is 14.4. The Balaban J connectivity index is 1.76. The van der Waals surface area contributed by atoms with E-state index in [0.29, 0.717) is 23.8 Å². The van der Waals surface area contributed by atoms with Crippen molar-refractivity contribution in [2.24, 2.45) is 0 Å². The molecule has 0 bridgehead atoms. The molecule has 3 rings (SSSR count). The molecule has 1 aliphatic heterocycles. The highest BCUT2D eigenvalue weighted by Crippen LogP contribution is 2.44. The van der Waals surface area contributed by atoms with Crippen LogP contribution in [0.25, 0.3) is 0 Å². The number of carbonyl (C=O) groups excluding carboxylic acids is 1. The Morgan fingerprint density at radius 3 is 2.35 bits per heavy atom. The van der Waals surface area contributed by atoms with Crippen molar-refractivity contribution in [1.82, 2.24) is 0 Å². The molecule has 0 spiro atoms. The van der Waals surface area contributed by atoms with E-state index in [9.17, 15) is 13.2 Å². The molecule has 0 saturated heterocycles. The molecule has 0 amide bonds. The van der Waals surface area contributed by atoms with Crippen LogP contribution in [0.5, 0.6) is 17.2 Å². The molecule has 2 aromatic rings. The second-order valence-corrected chi connectivity index (χ2v) is 10.1. The van der Waals surface area contributed by atoms with Crippen LogP contribution in [0.4, 0.5) is 5.69 Å². The van der Waals surface area contributed by atoms with Gasteiger partial charge in [0.25, 0.3) is 0 Å². The van der Waals surface area contributed by atoms with E-state index in [2.05, 4.69) is 4.72 Å². The average Bonchev–Trinajstić information content (AvgIpc) is 2.68. The number of ether oxygens (including phenoxy) is 3. The number of esters is 1. The number of hydrogen-bond acceptors (Lipinski definition) is 6. The normalized spacial score (nSPS) is 18.0. The fraction of sp³-hybridized carbons (Fsp3) is 0.435. The van der Waals surface area contributed by atoms with Gasteiger partial charge in [-0.15, -0.1) is 0 Å². The van der Waals surface area contributed by atoms with E-state index in [1.807, 2.05) is 27.7 Å². The molecule has 0 aliphatic carbocycles. The number of fused-ring (bicyclic) bond motifs is 1. The SMILES string of the molecule is CC(=O)Oc1c(C)c(C)c2c(c1C)CCC(C)(COc1ccc(NS(C)(=O)=O)cc1)O2. The van der Waals surface area contributed by atoms with Crippen molar-refractivity contribution < 1.29 is 27.4 Å². The Kier molecular flexibility index (Phi) is 6.23. The summed E-state index contributed by atoms with van der Waals surface area (Å²) in [6.07, 6.45) is 2.64. The molecule has 168 valence electrons. The highest BCUT2D eigenvalue weighted by Gasteiger charge is 2.35. The molecule has 31 heavy (non-hydrogen) atoms. The van der Waals surface area contributed by atoms with Crippen LogP contribution in [-0.4, -0.2) is 32.9 Å². The van der Waals surface area contributed by atoms with Crippen molar-refractivity contribution >= 4 is 21.7 Å². The maximum atomic E-state index is 11.5. The Morgan fingerprint density at radius 1 is 1.13 bits per heavy atom. The summed E-state index contributed by atoms with van der Waals surface area (Å²) in [5.41, 5.74) is 3.81. The lowest BCUT2D eigenvalue weighted by Gasteiger charge is -2.37. The summed E-state index contributed by atoms with van der Waals surface area (Å²) in [5, 5.41) is 0. The lowest BCUT2D eigenvalue weighted by molar-refractivity contribution is -0.132. The van der Waals surface area contributed by atoms with E-state index in [1.165, 1.54) is 6.92 Å². The van der Waals surface area contributed by atoms with Gasteiger partial charge in [-0.05, 0) is 81.5 Å². The van der Waals surface area contributed by atoms with Gasteiger partial charge in [-0.3, -0.25) is 9.52 Å². The Morgan fingerprint density at radius 2 is 1.77 bits per heavy atom. The van der Waals surface area contributed by atoms with Gasteiger partial charge in [0, 0.05) is 18.2 Å². The Labute approximate surface area is 183 Å². The molecule has 0 aromatic heterocycles. The second-order valence-electron chi connectivity index (χ2n) is 8.34. The molecule has 1 aliphatic rings. The van der Waals surface area contributed by atoms with Gasteiger partial charge in [0.1, 0.15) is 29.5 Å². The number of rotatable bonds is 6. The van der Waals surface area contributed by atoms with E-state index in [0.717, 1.165) is 47.1 Å². The molecule has 0 fully saturated rings. The molecule has 1 heterocycles. The van der Waals surface area contributed by atoms with Crippen LogP contribution in [0.2, 0.25) is 0 Å². The van der Waals surface area contributed by atoms with Crippen LogP contribution in [0.3, 0.4) is 0 Å². The van der Waals surface area contributed by atoms with Crippen molar-refractivity contribution in [2.45, 2.75) is 53.1 Å². The minimum absolute atomic E-state index is 0.335. The van der Waals surface area contributed by atoms with E-state index in [-0.39, 0.29) is 5.97 Å². The molecule has 1 atom stereocenters. The van der Waals surface area contributed by atoms with Crippen LogP contribution in [-0.2, 0) is 21.2 Å². The van der Waals surface area contributed by atoms with Crippen molar-refractivity contribution in [3.05, 3.63) is 46.5 Å². The summed E-state index contributed by atoms with van der Waals surface area (Å²) in [5.74, 6) is 1.74. The first kappa shape index (κ1) is 22.9. The van der Waals surface area contributed by atoms with Gasteiger partial charge < -0.3 is 14.2 Å². The average molecular weight is 448 g/mol. The predicted octanol–water partition coefficient (Wildman–Crippen LogP) is 4.07. The summed E-state index contributed by atoms with van der Waals surface area (Å²) >= 11 is 0. The third-order valence-electron chi connectivity index (χ3n) is 5.51. The van der Waals surface area contributed by atoms with Gasteiger partial charge in [0.05, 0.1) is 6.26 Å². The number of nitrogens with one attached hydrogen (secondary N) is 1. The predicted molar refractivity (Wildman–Crippen MR) is 120 cm³/mol. The first-order valence-corrected chi connectivity index (χ1v) is 12.0. The Hall–Kier alpha value is -2.74. The topological polar surface area (TPSA) is 90.9 Å². The molecule has 0 saturated carbocycles. The van der Waals surface area contributed by atoms with Gasteiger partial charge in [0.2, 0.25) is 10.0 Å². The number of carbonyl (C=O) groups is 1. The maximum Gasteiger partial charge on any atom is 0.308 e. The van der Waals surface area contributed by atoms with Crippen LogP contribution in [0, 0.1) is 20.8 Å². The fourth-order valence-corrected chi connectivity index (χ4v) is 4.31. The summed E-state index contributed by atoms with van der Waals surface area (Å²) in [6, 6.07) is 6.75. The summed E-state index contributed by atoms with van der Waals surface area (Å²) < 4.78 is 42.9. The van der Waals surface area contributed by atoms with E-state index >= 15 is 0 Å². The molecule has 0 radical (unpaired) electrons. The zero-order valence-electron chi connectivity index (χ0n) is 18.8. The van der Waals surface area contributed by atoms with Crippen molar-refractivity contribution in [2.75, 3.05) is 17.6 Å². The highest BCUT2D eigenvalue weighted by atomic mass is 32.2. The molecule has 1 N–H and O–H groups in total. The van der Waals surface area contributed by atoms with Gasteiger partial charge in [0.15, 0.2) is 0 Å².